The largest absolute Gasteiger partial charge is 0.495 e. The molecule has 2 rings (SSSR count). The van der Waals surface area contributed by atoms with Crippen LogP contribution >= 0.6 is 15.9 Å². The number of nitrogens with one attached hydrogen (secondary N) is 2. The molecule has 8 heteroatoms. The highest BCUT2D eigenvalue weighted by atomic mass is 79.9. The van der Waals surface area contributed by atoms with E-state index in [0.29, 0.717) is 17.9 Å². The van der Waals surface area contributed by atoms with Gasteiger partial charge in [0.25, 0.3) is 0 Å². The van der Waals surface area contributed by atoms with Gasteiger partial charge in [-0.05, 0) is 42.3 Å². The lowest BCUT2D eigenvalue weighted by molar-refractivity contribution is -0.114. The van der Waals surface area contributed by atoms with Gasteiger partial charge in [-0.1, -0.05) is 35.0 Å². The SMILES string of the molecule is CCC(NS(=O)(=O)c1ccc(OC)c(NC(C)=O)c1)c1ccc(Br)cc1. The van der Waals surface area contributed by atoms with Crippen molar-refractivity contribution < 1.29 is 17.9 Å². The fraction of sp³-hybridized carbons (Fsp3) is 0.278. The lowest BCUT2D eigenvalue weighted by atomic mass is 10.1. The Kier molecular flexibility index (Phi) is 6.80. The third-order valence-corrected chi connectivity index (χ3v) is 5.77. The van der Waals surface area contributed by atoms with Crippen molar-refractivity contribution in [1.29, 1.82) is 0 Å². The summed E-state index contributed by atoms with van der Waals surface area (Å²) in [6.45, 7) is 3.26. The van der Waals surface area contributed by atoms with E-state index in [4.69, 9.17) is 4.74 Å². The van der Waals surface area contributed by atoms with Crippen LogP contribution in [-0.4, -0.2) is 21.4 Å². The van der Waals surface area contributed by atoms with E-state index in [1.807, 2.05) is 31.2 Å². The van der Waals surface area contributed by atoms with Crippen LogP contribution in [0.25, 0.3) is 0 Å². The van der Waals surface area contributed by atoms with E-state index in [-0.39, 0.29) is 16.8 Å². The number of amides is 1. The maximum absolute atomic E-state index is 12.8. The number of benzene rings is 2. The Labute approximate surface area is 162 Å². The zero-order valence-electron chi connectivity index (χ0n) is 14.7. The van der Waals surface area contributed by atoms with E-state index in [0.717, 1.165) is 10.0 Å². The first-order valence-electron chi connectivity index (χ1n) is 8.00. The van der Waals surface area contributed by atoms with E-state index in [9.17, 15) is 13.2 Å². The summed E-state index contributed by atoms with van der Waals surface area (Å²) >= 11 is 3.37. The zero-order chi connectivity index (χ0) is 19.3. The van der Waals surface area contributed by atoms with Crippen molar-refractivity contribution >= 4 is 37.5 Å². The van der Waals surface area contributed by atoms with Crippen LogP contribution in [0.2, 0.25) is 0 Å². The number of rotatable bonds is 7. The molecule has 0 aliphatic carbocycles. The number of ether oxygens (including phenoxy) is 1. The fourth-order valence-electron chi connectivity index (χ4n) is 2.48. The summed E-state index contributed by atoms with van der Waals surface area (Å²) in [5.41, 5.74) is 1.18. The predicted octanol–water partition coefficient (Wildman–Crippen LogP) is 3.85. The molecule has 2 aromatic rings. The van der Waals surface area contributed by atoms with Crippen molar-refractivity contribution in [1.82, 2.24) is 4.72 Å². The number of sulfonamides is 1. The maximum atomic E-state index is 12.8. The van der Waals surface area contributed by atoms with Gasteiger partial charge in [0.05, 0.1) is 17.7 Å². The summed E-state index contributed by atoms with van der Waals surface area (Å²) in [6, 6.07) is 11.5. The molecule has 140 valence electrons. The summed E-state index contributed by atoms with van der Waals surface area (Å²) in [5, 5.41) is 2.58. The third kappa shape index (κ3) is 5.06. The quantitative estimate of drug-likeness (QED) is 0.684. The van der Waals surface area contributed by atoms with Gasteiger partial charge < -0.3 is 10.1 Å². The number of carbonyl (C=O) groups is 1. The number of anilines is 1. The average Bonchev–Trinajstić information content (AvgIpc) is 2.60. The highest BCUT2D eigenvalue weighted by Gasteiger charge is 2.22. The molecule has 2 aromatic carbocycles. The van der Waals surface area contributed by atoms with Crippen LogP contribution in [0.15, 0.2) is 51.8 Å². The fourth-order valence-corrected chi connectivity index (χ4v) is 4.08. The molecule has 0 fully saturated rings. The van der Waals surface area contributed by atoms with E-state index < -0.39 is 10.0 Å². The molecule has 0 saturated carbocycles. The molecule has 0 aromatic heterocycles. The van der Waals surface area contributed by atoms with E-state index in [1.165, 1.54) is 32.2 Å². The second kappa shape index (κ2) is 8.66. The van der Waals surface area contributed by atoms with Gasteiger partial charge in [0, 0.05) is 17.4 Å². The molecule has 26 heavy (non-hydrogen) atoms. The minimum atomic E-state index is -3.78. The van der Waals surface area contributed by atoms with Gasteiger partial charge in [0.15, 0.2) is 0 Å². The first-order chi connectivity index (χ1) is 12.3. The Morgan fingerprint density at radius 3 is 2.38 bits per heavy atom. The number of hydrogen-bond donors (Lipinski definition) is 2. The van der Waals surface area contributed by atoms with Gasteiger partial charge in [0.2, 0.25) is 15.9 Å². The lowest BCUT2D eigenvalue weighted by Crippen LogP contribution is -2.28. The molecule has 0 bridgehead atoms. The predicted molar refractivity (Wildman–Crippen MR) is 105 cm³/mol. The second-order valence-corrected chi connectivity index (χ2v) is 8.31. The minimum absolute atomic E-state index is 0.0533. The topological polar surface area (TPSA) is 84.5 Å². The molecular formula is C18H21BrN2O4S. The summed E-state index contributed by atoms with van der Waals surface area (Å²) in [6.07, 6.45) is 0.593. The Morgan fingerprint density at radius 1 is 1.19 bits per heavy atom. The third-order valence-electron chi connectivity index (χ3n) is 3.77. The molecule has 0 heterocycles. The molecule has 1 amide bonds. The molecule has 0 radical (unpaired) electrons. The van der Waals surface area contributed by atoms with Gasteiger partial charge >= 0.3 is 0 Å². The zero-order valence-corrected chi connectivity index (χ0v) is 17.1. The van der Waals surface area contributed by atoms with Gasteiger partial charge in [-0.2, -0.15) is 0 Å². The number of carbonyl (C=O) groups excluding carboxylic acids is 1. The van der Waals surface area contributed by atoms with E-state index in [1.54, 1.807) is 0 Å². The van der Waals surface area contributed by atoms with E-state index >= 15 is 0 Å². The lowest BCUT2D eigenvalue weighted by Gasteiger charge is -2.18. The van der Waals surface area contributed by atoms with Crippen molar-refractivity contribution in [3.63, 3.8) is 0 Å². The number of methoxy groups -OCH3 is 1. The Bertz CT molecular complexity index is 883. The first-order valence-corrected chi connectivity index (χ1v) is 10.3. The molecule has 0 aliphatic rings. The standard InChI is InChI=1S/C18H21BrN2O4S/c1-4-16(13-5-7-14(19)8-6-13)21-26(23,24)15-9-10-18(25-3)17(11-15)20-12(2)22/h5-11,16,21H,4H2,1-3H3,(H,20,22). The molecule has 6 nitrogen and oxygen atoms in total. The summed E-state index contributed by atoms with van der Waals surface area (Å²) in [4.78, 5) is 11.4. The van der Waals surface area contributed by atoms with Crippen molar-refractivity contribution in [3.05, 3.63) is 52.5 Å². The van der Waals surface area contributed by atoms with Crippen LogP contribution in [-0.2, 0) is 14.8 Å². The van der Waals surface area contributed by atoms with Gasteiger partial charge in [-0.15, -0.1) is 0 Å². The van der Waals surface area contributed by atoms with Crippen molar-refractivity contribution in [2.24, 2.45) is 0 Å². The Balaban J connectivity index is 2.33. The van der Waals surface area contributed by atoms with Crippen LogP contribution in [0.3, 0.4) is 0 Å². The first kappa shape index (κ1) is 20.4. The van der Waals surface area contributed by atoms with Gasteiger partial charge in [-0.3, -0.25) is 4.79 Å². The number of hydrogen-bond acceptors (Lipinski definition) is 4. The molecular weight excluding hydrogens is 420 g/mol. The molecule has 2 N–H and O–H groups in total. The molecule has 1 atom stereocenters. The van der Waals surface area contributed by atoms with Crippen LogP contribution in [0.5, 0.6) is 5.75 Å². The smallest absolute Gasteiger partial charge is 0.241 e. The van der Waals surface area contributed by atoms with Crippen molar-refractivity contribution in [2.75, 3.05) is 12.4 Å². The average molecular weight is 441 g/mol. The highest BCUT2D eigenvalue weighted by Crippen LogP contribution is 2.29. The Morgan fingerprint density at radius 2 is 1.85 bits per heavy atom. The molecule has 0 spiro atoms. The van der Waals surface area contributed by atoms with Gasteiger partial charge in [0.1, 0.15) is 5.75 Å². The van der Waals surface area contributed by atoms with Gasteiger partial charge in [-0.25, -0.2) is 13.1 Å². The molecule has 0 saturated heterocycles. The van der Waals surface area contributed by atoms with Crippen molar-refractivity contribution in [3.8, 4) is 5.75 Å². The summed E-state index contributed by atoms with van der Waals surface area (Å²) in [7, 11) is -2.33. The maximum Gasteiger partial charge on any atom is 0.241 e. The second-order valence-electron chi connectivity index (χ2n) is 5.68. The Hall–Kier alpha value is -1.90. The molecule has 1 unspecified atom stereocenters. The van der Waals surface area contributed by atoms with Crippen LogP contribution in [0.4, 0.5) is 5.69 Å². The minimum Gasteiger partial charge on any atom is -0.495 e. The summed E-state index contributed by atoms with van der Waals surface area (Å²) in [5.74, 6) is 0.0752. The molecule has 0 aliphatic heterocycles. The van der Waals surface area contributed by atoms with E-state index in [2.05, 4.69) is 26.0 Å². The van der Waals surface area contributed by atoms with Crippen LogP contribution in [0, 0.1) is 0 Å². The normalized spacial score (nSPS) is 12.5. The summed E-state index contributed by atoms with van der Waals surface area (Å²) < 4.78 is 34.4. The van der Waals surface area contributed by atoms with Crippen LogP contribution in [0.1, 0.15) is 31.9 Å². The van der Waals surface area contributed by atoms with Crippen molar-refractivity contribution in [2.45, 2.75) is 31.2 Å². The number of halogens is 1. The monoisotopic (exact) mass is 440 g/mol. The highest BCUT2D eigenvalue weighted by molar-refractivity contribution is 9.10. The van der Waals surface area contributed by atoms with Crippen LogP contribution < -0.4 is 14.8 Å².